The lowest BCUT2D eigenvalue weighted by Gasteiger charge is -2.39. The molecule has 0 aromatic heterocycles. The Morgan fingerprint density at radius 1 is 1.18 bits per heavy atom. The van der Waals surface area contributed by atoms with Crippen molar-refractivity contribution in [2.24, 2.45) is 0 Å². The van der Waals surface area contributed by atoms with Crippen LogP contribution in [0.1, 0.15) is 54.6 Å². The van der Waals surface area contributed by atoms with E-state index in [1.165, 1.54) is 38.0 Å². The van der Waals surface area contributed by atoms with E-state index in [4.69, 9.17) is 5.73 Å². The maximum absolute atomic E-state index is 12.8. The second-order valence-electron chi connectivity index (χ2n) is 7.45. The number of benzene rings is 2. The summed E-state index contributed by atoms with van der Waals surface area (Å²) in [6.45, 7) is 7.47. The molecule has 5 heteroatoms. The van der Waals surface area contributed by atoms with Crippen molar-refractivity contribution in [2.45, 2.75) is 58.7 Å². The number of piperidine rings is 1. The molecule has 1 aliphatic rings. The van der Waals surface area contributed by atoms with Crippen molar-refractivity contribution in [3.63, 3.8) is 0 Å². The maximum Gasteiger partial charge on any atom is 0.338 e. The molecule has 0 saturated carbocycles. The van der Waals surface area contributed by atoms with Crippen LogP contribution in [-0.4, -0.2) is 30.1 Å². The Bertz CT molecular complexity index is 770. The first-order chi connectivity index (χ1) is 13.3. The number of methoxy groups -OCH3 is 1. The largest absolute Gasteiger partial charge is 0.465 e. The predicted octanol–water partition coefficient (Wildman–Crippen LogP) is 4.95. The van der Waals surface area contributed by atoms with Crippen molar-refractivity contribution in [3.8, 4) is 0 Å². The van der Waals surface area contributed by atoms with E-state index in [0.29, 0.717) is 5.56 Å². The van der Waals surface area contributed by atoms with Gasteiger partial charge in [-0.2, -0.15) is 0 Å². The molecule has 2 N–H and O–H groups in total. The van der Waals surface area contributed by atoms with Gasteiger partial charge in [0.25, 0.3) is 0 Å². The summed E-state index contributed by atoms with van der Waals surface area (Å²) in [4.78, 5) is 13.7. The number of carbonyl (C=O) groups is 1. The molecule has 2 aromatic carbocycles. The molecule has 2 atom stereocenters. The van der Waals surface area contributed by atoms with Gasteiger partial charge in [0.1, 0.15) is 5.82 Å². The van der Waals surface area contributed by atoms with Crippen molar-refractivity contribution in [3.05, 3.63) is 65.0 Å². The molecule has 152 valence electrons. The van der Waals surface area contributed by atoms with E-state index < -0.39 is 11.8 Å². The van der Waals surface area contributed by atoms with Crippen molar-refractivity contribution in [2.75, 3.05) is 12.8 Å². The van der Waals surface area contributed by atoms with Gasteiger partial charge in [0.2, 0.25) is 0 Å². The molecule has 0 bridgehead atoms. The number of halogens is 1. The SMILES string of the molecule is CC1CCCC(C)N1Cc1ccccc1.COC(=O)c1cc(F)cc(N)c1C. The molecule has 1 heterocycles. The van der Waals surface area contributed by atoms with E-state index >= 15 is 0 Å². The van der Waals surface area contributed by atoms with Crippen LogP contribution in [0.5, 0.6) is 0 Å². The topological polar surface area (TPSA) is 55.6 Å². The van der Waals surface area contributed by atoms with Crippen molar-refractivity contribution < 1.29 is 13.9 Å². The minimum absolute atomic E-state index is 0.167. The third-order valence-electron chi connectivity index (χ3n) is 5.40. The fourth-order valence-electron chi connectivity index (χ4n) is 3.60. The van der Waals surface area contributed by atoms with E-state index in [0.717, 1.165) is 24.7 Å². The highest BCUT2D eigenvalue weighted by Crippen LogP contribution is 2.24. The fraction of sp³-hybridized carbons (Fsp3) is 0.435. The summed E-state index contributed by atoms with van der Waals surface area (Å²) in [5, 5.41) is 0. The lowest BCUT2D eigenvalue weighted by Crippen LogP contribution is -2.42. The molecule has 0 radical (unpaired) electrons. The van der Waals surface area contributed by atoms with E-state index in [1.807, 2.05) is 0 Å². The van der Waals surface area contributed by atoms with Crippen LogP contribution in [0.3, 0.4) is 0 Å². The Balaban J connectivity index is 0.000000203. The Kier molecular flexibility index (Phi) is 8.00. The van der Waals surface area contributed by atoms with Crippen LogP contribution in [0, 0.1) is 12.7 Å². The highest BCUT2D eigenvalue weighted by molar-refractivity contribution is 5.92. The van der Waals surface area contributed by atoms with Gasteiger partial charge in [-0.3, -0.25) is 4.90 Å². The summed E-state index contributed by atoms with van der Waals surface area (Å²) in [6, 6.07) is 14.6. The van der Waals surface area contributed by atoms with Crippen molar-refractivity contribution in [1.82, 2.24) is 4.90 Å². The quantitative estimate of drug-likeness (QED) is 0.599. The number of hydrogen-bond acceptors (Lipinski definition) is 4. The lowest BCUT2D eigenvalue weighted by atomic mass is 9.97. The zero-order valence-corrected chi connectivity index (χ0v) is 17.2. The fourth-order valence-corrected chi connectivity index (χ4v) is 3.60. The lowest BCUT2D eigenvalue weighted by molar-refractivity contribution is 0.0599. The zero-order valence-electron chi connectivity index (χ0n) is 17.2. The molecule has 0 aliphatic carbocycles. The smallest absolute Gasteiger partial charge is 0.338 e. The van der Waals surface area contributed by atoms with E-state index in [-0.39, 0.29) is 11.3 Å². The third kappa shape index (κ3) is 5.80. The number of esters is 1. The van der Waals surface area contributed by atoms with Crippen LogP contribution in [0.4, 0.5) is 10.1 Å². The first-order valence-electron chi connectivity index (χ1n) is 9.77. The number of nitrogens with zero attached hydrogens (tertiary/aromatic N) is 1. The second kappa shape index (κ2) is 10.2. The van der Waals surface area contributed by atoms with E-state index in [1.54, 1.807) is 6.92 Å². The van der Waals surface area contributed by atoms with Gasteiger partial charge in [0.15, 0.2) is 0 Å². The molecule has 2 unspecified atom stereocenters. The molecule has 0 spiro atoms. The summed E-state index contributed by atoms with van der Waals surface area (Å²) in [6.07, 6.45) is 4.11. The second-order valence-corrected chi connectivity index (χ2v) is 7.45. The van der Waals surface area contributed by atoms with Gasteiger partial charge in [-0.1, -0.05) is 36.8 Å². The molecule has 1 aliphatic heterocycles. The number of ether oxygens (including phenoxy) is 1. The van der Waals surface area contributed by atoms with Crippen LogP contribution >= 0.6 is 0 Å². The van der Waals surface area contributed by atoms with Crippen molar-refractivity contribution in [1.29, 1.82) is 0 Å². The van der Waals surface area contributed by atoms with Crippen LogP contribution in [-0.2, 0) is 11.3 Å². The zero-order chi connectivity index (χ0) is 20.7. The molecular weight excluding hydrogens is 355 g/mol. The minimum atomic E-state index is -0.580. The van der Waals surface area contributed by atoms with Crippen LogP contribution < -0.4 is 5.73 Å². The number of rotatable bonds is 3. The summed E-state index contributed by atoms with van der Waals surface area (Å²) < 4.78 is 17.3. The summed E-state index contributed by atoms with van der Waals surface area (Å²) in [5.74, 6) is -1.12. The average molecular weight is 387 g/mol. The Labute approximate surface area is 167 Å². The molecule has 2 aromatic rings. The number of nitrogens with two attached hydrogens (primary N) is 1. The normalized spacial score (nSPS) is 19.5. The van der Waals surface area contributed by atoms with E-state index in [2.05, 4.69) is 53.8 Å². The van der Waals surface area contributed by atoms with Crippen LogP contribution in [0.25, 0.3) is 0 Å². The highest BCUT2D eigenvalue weighted by atomic mass is 19.1. The van der Waals surface area contributed by atoms with Gasteiger partial charge in [-0.05, 0) is 56.9 Å². The van der Waals surface area contributed by atoms with Crippen LogP contribution in [0.2, 0.25) is 0 Å². The molecule has 1 saturated heterocycles. The Morgan fingerprint density at radius 2 is 1.79 bits per heavy atom. The maximum atomic E-state index is 12.8. The van der Waals surface area contributed by atoms with Gasteiger partial charge in [-0.25, -0.2) is 9.18 Å². The van der Waals surface area contributed by atoms with E-state index in [9.17, 15) is 9.18 Å². The van der Waals surface area contributed by atoms with Crippen molar-refractivity contribution >= 4 is 11.7 Å². The first kappa shape index (κ1) is 21.9. The monoisotopic (exact) mass is 386 g/mol. The van der Waals surface area contributed by atoms with Gasteiger partial charge in [0.05, 0.1) is 12.7 Å². The average Bonchev–Trinajstić information content (AvgIpc) is 2.68. The molecular formula is C23H31FN2O2. The van der Waals surface area contributed by atoms with Gasteiger partial charge < -0.3 is 10.5 Å². The number of carbonyl (C=O) groups excluding carboxylic acids is 1. The van der Waals surface area contributed by atoms with Gasteiger partial charge >= 0.3 is 5.97 Å². The standard InChI is InChI=1S/C14H21N.C9H10FNO2/c1-12-7-6-8-13(2)15(12)11-14-9-4-3-5-10-14;1-5-7(9(12)13-2)3-6(10)4-8(5)11/h3-5,9-10,12-13H,6-8,11H2,1-2H3;3-4H,11H2,1-2H3. The number of likely N-dealkylation sites (tertiary alicyclic amines) is 1. The summed E-state index contributed by atoms with van der Waals surface area (Å²) >= 11 is 0. The molecule has 1 fully saturated rings. The minimum Gasteiger partial charge on any atom is -0.465 e. The Morgan fingerprint density at radius 3 is 2.36 bits per heavy atom. The molecule has 4 nitrogen and oxygen atoms in total. The summed E-state index contributed by atoms with van der Waals surface area (Å²) in [5.41, 5.74) is 7.86. The highest BCUT2D eigenvalue weighted by Gasteiger charge is 2.24. The van der Waals surface area contributed by atoms with Gasteiger partial charge in [0, 0.05) is 24.3 Å². The third-order valence-corrected chi connectivity index (χ3v) is 5.40. The summed E-state index contributed by atoms with van der Waals surface area (Å²) in [7, 11) is 1.24. The first-order valence-corrected chi connectivity index (χ1v) is 9.77. The molecule has 0 amide bonds. The Hall–Kier alpha value is -2.40. The number of nitrogen functional groups attached to an aromatic ring is 1. The number of hydrogen-bond donors (Lipinski definition) is 1. The van der Waals surface area contributed by atoms with Crippen LogP contribution in [0.15, 0.2) is 42.5 Å². The predicted molar refractivity (Wildman–Crippen MR) is 112 cm³/mol. The van der Waals surface area contributed by atoms with Gasteiger partial charge in [-0.15, -0.1) is 0 Å². The molecule has 3 rings (SSSR count). The number of anilines is 1. The molecule has 28 heavy (non-hydrogen) atoms.